The molecule has 7 nitrogen and oxygen atoms in total. The third-order valence-electron chi connectivity index (χ3n) is 5.86. The maximum absolute atomic E-state index is 12.4. The lowest BCUT2D eigenvalue weighted by atomic mass is 10.1. The van der Waals surface area contributed by atoms with Crippen LogP contribution in [0.1, 0.15) is 28.8 Å². The Morgan fingerprint density at radius 3 is 2.29 bits per heavy atom. The molecule has 3 heterocycles. The van der Waals surface area contributed by atoms with E-state index in [4.69, 9.17) is 11.6 Å². The van der Waals surface area contributed by atoms with Crippen molar-refractivity contribution < 1.29 is 9.59 Å². The molecule has 2 saturated heterocycles. The zero-order valence-corrected chi connectivity index (χ0v) is 18.4. The molecule has 0 saturated carbocycles. The van der Waals surface area contributed by atoms with Gasteiger partial charge in [0.15, 0.2) is 0 Å². The van der Waals surface area contributed by atoms with E-state index in [1.54, 1.807) is 6.20 Å². The summed E-state index contributed by atoms with van der Waals surface area (Å²) in [4.78, 5) is 35.4. The number of rotatable bonds is 6. The number of likely N-dealkylation sites (tertiary alicyclic amines) is 1. The first-order valence-electron chi connectivity index (χ1n) is 10.8. The van der Waals surface area contributed by atoms with Crippen LogP contribution in [0.2, 0.25) is 5.02 Å². The van der Waals surface area contributed by atoms with Gasteiger partial charge in [0, 0.05) is 57.6 Å². The first-order valence-corrected chi connectivity index (χ1v) is 11.2. The monoisotopic (exact) mass is 441 g/mol. The third kappa shape index (κ3) is 5.74. The molecule has 0 atom stereocenters. The largest absolute Gasteiger partial charge is 0.354 e. The number of aromatic nitrogens is 1. The topological polar surface area (TPSA) is 68.8 Å². The number of pyridine rings is 1. The average molecular weight is 442 g/mol. The van der Waals surface area contributed by atoms with Crippen LogP contribution < -0.4 is 10.2 Å². The SMILES string of the molecule is O=C(CN1CCN(c2ccc(Cl)cn2)CC1)NCc1ccc(C(=O)N2CCCC2)cc1. The van der Waals surface area contributed by atoms with Crippen molar-refractivity contribution in [1.29, 1.82) is 0 Å². The minimum absolute atomic E-state index is 0.00953. The zero-order chi connectivity index (χ0) is 21.6. The Bertz CT molecular complexity index is 889. The summed E-state index contributed by atoms with van der Waals surface area (Å²) >= 11 is 5.90. The molecule has 2 aromatic rings. The summed E-state index contributed by atoms with van der Waals surface area (Å²) in [5, 5.41) is 3.61. The van der Waals surface area contributed by atoms with Gasteiger partial charge in [-0.25, -0.2) is 4.98 Å². The number of amides is 2. The van der Waals surface area contributed by atoms with Crippen LogP contribution in [0.3, 0.4) is 0 Å². The molecule has 164 valence electrons. The van der Waals surface area contributed by atoms with Crippen LogP contribution in [0.4, 0.5) is 5.82 Å². The number of hydrogen-bond acceptors (Lipinski definition) is 5. The number of benzene rings is 1. The van der Waals surface area contributed by atoms with Crippen molar-refractivity contribution in [3.05, 3.63) is 58.7 Å². The number of nitrogens with one attached hydrogen (secondary N) is 1. The summed E-state index contributed by atoms with van der Waals surface area (Å²) in [6, 6.07) is 11.3. The van der Waals surface area contributed by atoms with E-state index < -0.39 is 0 Å². The van der Waals surface area contributed by atoms with Crippen molar-refractivity contribution in [1.82, 2.24) is 20.1 Å². The summed E-state index contributed by atoms with van der Waals surface area (Å²) in [6.45, 7) is 5.82. The molecule has 0 unspecified atom stereocenters. The standard InChI is InChI=1S/C23H28ClN5O2/c24-20-7-8-21(25-16-20)28-13-11-27(12-14-28)17-22(30)26-15-18-3-5-19(6-4-18)23(31)29-9-1-2-10-29/h3-8,16H,1-2,9-15,17H2,(H,26,30). The van der Waals surface area contributed by atoms with E-state index in [1.165, 1.54) is 0 Å². The van der Waals surface area contributed by atoms with Crippen molar-refractivity contribution >= 4 is 29.2 Å². The minimum Gasteiger partial charge on any atom is -0.354 e. The van der Waals surface area contributed by atoms with Gasteiger partial charge in [0.25, 0.3) is 5.91 Å². The predicted molar refractivity (Wildman–Crippen MR) is 121 cm³/mol. The molecule has 8 heteroatoms. The molecule has 0 aliphatic carbocycles. The van der Waals surface area contributed by atoms with Gasteiger partial charge < -0.3 is 15.1 Å². The number of nitrogens with zero attached hydrogens (tertiary/aromatic N) is 4. The lowest BCUT2D eigenvalue weighted by Gasteiger charge is -2.35. The summed E-state index contributed by atoms with van der Waals surface area (Å²) < 4.78 is 0. The summed E-state index contributed by atoms with van der Waals surface area (Å²) in [6.07, 6.45) is 3.83. The molecule has 31 heavy (non-hydrogen) atoms. The normalized spacial score (nSPS) is 17.1. The van der Waals surface area contributed by atoms with E-state index >= 15 is 0 Å². The minimum atomic E-state index is 0.00953. The summed E-state index contributed by atoms with van der Waals surface area (Å²) in [5.74, 6) is 1.02. The molecule has 2 aliphatic heterocycles. The van der Waals surface area contributed by atoms with Crippen LogP contribution in [-0.4, -0.2) is 72.4 Å². The van der Waals surface area contributed by atoms with E-state index in [9.17, 15) is 9.59 Å². The Morgan fingerprint density at radius 1 is 0.935 bits per heavy atom. The fourth-order valence-electron chi connectivity index (χ4n) is 4.02. The number of hydrogen-bond donors (Lipinski definition) is 1. The lowest BCUT2D eigenvalue weighted by molar-refractivity contribution is -0.122. The third-order valence-corrected chi connectivity index (χ3v) is 6.08. The Labute approximate surface area is 188 Å². The van der Waals surface area contributed by atoms with Crippen molar-refractivity contribution in [3.8, 4) is 0 Å². The highest BCUT2D eigenvalue weighted by Gasteiger charge is 2.21. The van der Waals surface area contributed by atoms with E-state index in [0.717, 1.165) is 63.5 Å². The highest BCUT2D eigenvalue weighted by atomic mass is 35.5. The number of carbonyl (C=O) groups is 2. The lowest BCUT2D eigenvalue weighted by Crippen LogP contribution is -2.49. The second kappa shape index (κ2) is 10.1. The highest BCUT2D eigenvalue weighted by molar-refractivity contribution is 6.30. The fourth-order valence-corrected chi connectivity index (χ4v) is 4.13. The Morgan fingerprint density at radius 2 is 1.65 bits per heavy atom. The van der Waals surface area contributed by atoms with Gasteiger partial charge in [-0.1, -0.05) is 23.7 Å². The molecule has 2 fully saturated rings. The Kier molecular flexibility index (Phi) is 7.04. The smallest absolute Gasteiger partial charge is 0.253 e. The number of anilines is 1. The van der Waals surface area contributed by atoms with Crippen LogP contribution >= 0.6 is 11.6 Å². The second-order valence-corrected chi connectivity index (χ2v) is 8.51. The molecule has 4 rings (SSSR count). The Hall–Kier alpha value is -2.64. The van der Waals surface area contributed by atoms with Gasteiger partial charge in [-0.15, -0.1) is 0 Å². The maximum atomic E-state index is 12.4. The van der Waals surface area contributed by atoms with Crippen molar-refractivity contribution in [2.45, 2.75) is 19.4 Å². The van der Waals surface area contributed by atoms with E-state index in [-0.39, 0.29) is 11.8 Å². The van der Waals surface area contributed by atoms with Gasteiger partial charge >= 0.3 is 0 Å². The van der Waals surface area contributed by atoms with Crippen LogP contribution in [0.5, 0.6) is 0 Å². The van der Waals surface area contributed by atoms with Crippen molar-refractivity contribution in [2.24, 2.45) is 0 Å². The average Bonchev–Trinajstić information content (AvgIpc) is 3.34. The number of piperazine rings is 1. The van der Waals surface area contributed by atoms with Gasteiger partial charge in [-0.2, -0.15) is 0 Å². The maximum Gasteiger partial charge on any atom is 0.253 e. The summed E-state index contributed by atoms with van der Waals surface area (Å²) in [5.41, 5.74) is 1.70. The molecule has 0 bridgehead atoms. The van der Waals surface area contributed by atoms with Crippen LogP contribution in [-0.2, 0) is 11.3 Å². The molecule has 1 N–H and O–H groups in total. The second-order valence-electron chi connectivity index (χ2n) is 8.07. The molecule has 0 spiro atoms. The van der Waals surface area contributed by atoms with E-state index in [1.807, 2.05) is 41.3 Å². The Balaban J connectivity index is 1.19. The molecular weight excluding hydrogens is 414 g/mol. The van der Waals surface area contributed by atoms with Gasteiger partial charge in [-0.3, -0.25) is 14.5 Å². The number of carbonyl (C=O) groups excluding carboxylic acids is 2. The fraction of sp³-hybridized carbons (Fsp3) is 0.435. The van der Waals surface area contributed by atoms with Gasteiger partial charge in [-0.05, 0) is 42.7 Å². The first-order chi connectivity index (χ1) is 15.1. The quantitative estimate of drug-likeness (QED) is 0.745. The molecule has 2 amide bonds. The van der Waals surface area contributed by atoms with Crippen molar-refractivity contribution in [3.63, 3.8) is 0 Å². The predicted octanol–water partition coefficient (Wildman–Crippen LogP) is 2.41. The molecule has 1 aromatic carbocycles. The van der Waals surface area contributed by atoms with Gasteiger partial charge in [0.2, 0.25) is 5.91 Å². The zero-order valence-electron chi connectivity index (χ0n) is 17.6. The van der Waals surface area contributed by atoms with Gasteiger partial charge in [0.1, 0.15) is 5.82 Å². The van der Waals surface area contributed by atoms with E-state index in [2.05, 4.69) is 20.1 Å². The summed E-state index contributed by atoms with van der Waals surface area (Å²) in [7, 11) is 0. The molecule has 1 aromatic heterocycles. The molecular formula is C23H28ClN5O2. The molecule has 0 radical (unpaired) electrons. The van der Waals surface area contributed by atoms with Crippen LogP contribution in [0, 0.1) is 0 Å². The van der Waals surface area contributed by atoms with Gasteiger partial charge in [0.05, 0.1) is 11.6 Å². The number of halogens is 1. The van der Waals surface area contributed by atoms with Crippen LogP contribution in [0.25, 0.3) is 0 Å². The van der Waals surface area contributed by atoms with Crippen LogP contribution in [0.15, 0.2) is 42.6 Å². The molecule has 2 aliphatic rings. The first kappa shape index (κ1) is 21.6. The van der Waals surface area contributed by atoms with Crippen molar-refractivity contribution in [2.75, 3.05) is 50.7 Å². The van der Waals surface area contributed by atoms with E-state index in [0.29, 0.717) is 23.7 Å². The highest BCUT2D eigenvalue weighted by Crippen LogP contribution is 2.16.